The number of nitro benzene ring substituents is 1. The van der Waals surface area contributed by atoms with Crippen molar-refractivity contribution in [1.82, 2.24) is 5.32 Å². The Morgan fingerprint density at radius 1 is 1.27 bits per heavy atom. The number of hydrogen-bond acceptors (Lipinski definition) is 5. The van der Waals surface area contributed by atoms with Gasteiger partial charge in [0.05, 0.1) is 4.92 Å². The zero-order chi connectivity index (χ0) is 19.1. The molecule has 8 heteroatoms. The minimum atomic E-state index is -0.663. The van der Waals surface area contributed by atoms with Crippen LogP contribution in [-0.2, 0) is 0 Å². The van der Waals surface area contributed by atoms with E-state index in [4.69, 9.17) is 17.0 Å². The highest BCUT2D eigenvalue weighted by Crippen LogP contribution is 2.19. The van der Waals surface area contributed by atoms with Crippen LogP contribution >= 0.6 is 12.2 Å². The van der Waals surface area contributed by atoms with Gasteiger partial charge in [0.15, 0.2) is 5.11 Å². The van der Waals surface area contributed by atoms with E-state index in [9.17, 15) is 14.9 Å². The van der Waals surface area contributed by atoms with Gasteiger partial charge < -0.3 is 10.1 Å². The zero-order valence-corrected chi connectivity index (χ0v) is 14.8. The molecule has 2 N–H and O–H groups in total. The number of amides is 1. The van der Waals surface area contributed by atoms with Crippen molar-refractivity contribution < 1.29 is 14.5 Å². The fourth-order valence-electron chi connectivity index (χ4n) is 2.03. The summed E-state index contributed by atoms with van der Waals surface area (Å²) >= 11 is 5.10. The summed E-state index contributed by atoms with van der Waals surface area (Å²) < 4.78 is 5.54. The molecule has 0 spiro atoms. The van der Waals surface area contributed by atoms with E-state index in [1.807, 2.05) is 6.92 Å². The summed E-state index contributed by atoms with van der Waals surface area (Å²) in [5.74, 6) is -0.0460. The van der Waals surface area contributed by atoms with Crippen molar-refractivity contribution in [3.8, 4) is 5.75 Å². The zero-order valence-electron chi connectivity index (χ0n) is 14.0. The smallest absolute Gasteiger partial charge is 0.282 e. The Hall–Kier alpha value is -3.26. The molecular weight excluding hydrogens is 354 g/mol. The molecule has 0 saturated heterocycles. The van der Waals surface area contributed by atoms with Crippen LogP contribution in [0.3, 0.4) is 0 Å². The Morgan fingerprint density at radius 3 is 2.69 bits per heavy atom. The van der Waals surface area contributed by atoms with E-state index in [1.165, 1.54) is 18.2 Å². The minimum Gasteiger partial charge on any atom is -0.489 e. The number of nitrogens with zero attached hydrogens (tertiary/aromatic N) is 1. The number of nitrogens with one attached hydrogen (secondary N) is 2. The second-order valence-electron chi connectivity index (χ2n) is 5.46. The molecule has 0 heterocycles. The number of thiocarbonyl (C=S) groups is 1. The highest BCUT2D eigenvalue weighted by Gasteiger charge is 2.19. The van der Waals surface area contributed by atoms with E-state index in [0.29, 0.717) is 18.0 Å². The van der Waals surface area contributed by atoms with E-state index in [-0.39, 0.29) is 16.4 Å². The first-order valence-electron chi connectivity index (χ1n) is 7.60. The first kappa shape index (κ1) is 19.1. The molecule has 0 unspecified atom stereocenters. The molecule has 2 aromatic carbocycles. The number of carbonyl (C=O) groups is 1. The number of para-hydroxylation sites is 1. The van der Waals surface area contributed by atoms with Crippen LogP contribution in [0.1, 0.15) is 17.3 Å². The number of rotatable bonds is 6. The van der Waals surface area contributed by atoms with Crippen LogP contribution in [0.25, 0.3) is 0 Å². The summed E-state index contributed by atoms with van der Waals surface area (Å²) in [5, 5.41) is 16.3. The van der Waals surface area contributed by atoms with E-state index in [2.05, 4.69) is 17.2 Å². The Labute approximate surface area is 155 Å². The predicted octanol–water partition coefficient (Wildman–Crippen LogP) is 3.68. The normalized spacial score (nSPS) is 9.88. The lowest BCUT2D eigenvalue weighted by Gasteiger charge is -2.11. The van der Waals surface area contributed by atoms with Crippen LogP contribution in [0, 0.1) is 10.1 Å². The number of nitro groups is 1. The van der Waals surface area contributed by atoms with E-state index < -0.39 is 10.8 Å². The molecule has 0 fully saturated rings. The topological polar surface area (TPSA) is 93.5 Å². The van der Waals surface area contributed by atoms with E-state index in [0.717, 1.165) is 5.57 Å². The predicted molar refractivity (Wildman–Crippen MR) is 104 cm³/mol. The van der Waals surface area contributed by atoms with Crippen LogP contribution in [0.2, 0.25) is 0 Å². The third kappa shape index (κ3) is 5.38. The van der Waals surface area contributed by atoms with E-state index >= 15 is 0 Å². The summed E-state index contributed by atoms with van der Waals surface area (Å²) in [6.45, 7) is 6.01. The summed E-state index contributed by atoms with van der Waals surface area (Å²) in [4.78, 5) is 22.6. The molecule has 0 radical (unpaired) electrons. The summed E-state index contributed by atoms with van der Waals surface area (Å²) in [6.07, 6.45) is 0. The summed E-state index contributed by atoms with van der Waals surface area (Å²) in [7, 11) is 0. The number of carbonyl (C=O) groups excluding carboxylic acids is 1. The lowest BCUT2D eigenvalue weighted by molar-refractivity contribution is -0.385. The van der Waals surface area contributed by atoms with Gasteiger partial charge in [-0.05, 0) is 42.9 Å². The van der Waals surface area contributed by atoms with Crippen LogP contribution < -0.4 is 15.4 Å². The largest absolute Gasteiger partial charge is 0.489 e. The first-order chi connectivity index (χ1) is 12.4. The Morgan fingerprint density at radius 2 is 2.00 bits per heavy atom. The van der Waals surface area contributed by atoms with Gasteiger partial charge in [-0.15, -0.1) is 0 Å². The lowest BCUT2D eigenvalue weighted by atomic mass is 10.1. The van der Waals surface area contributed by atoms with Gasteiger partial charge in [0.25, 0.3) is 11.6 Å². The molecule has 134 valence electrons. The van der Waals surface area contributed by atoms with Gasteiger partial charge in [-0.25, -0.2) is 0 Å². The molecule has 0 atom stereocenters. The molecule has 1 amide bonds. The summed E-state index contributed by atoms with van der Waals surface area (Å²) in [6, 6.07) is 12.7. The van der Waals surface area contributed by atoms with Crippen molar-refractivity contribution >= 4 is 34.6 Å². The van der Waals surface area contributed by atoms with Crippen molar-refractivity contribution in [2.75, 3.05) is 11.9 Å². The minimum absolute atomic E-state index is 0.0187. The third-order valence-corrected chi connectivity index (χ3v) is 3.35. The Balaban J connectivity index is 2.03. The van der Waals surface area contributed by atoms with Gasteiger partial charge in [-0.1, -0.05) is 24.8 Å². The molecule has 2 aromatic rings. The average molecular weight is 371 g/mol. The lowest BCUT2D eigenvalue weighted by Crippen LogP contribution is -2.34. The second-order valence-corrected chi connectivity index (χ2v) is 5.86. The molecule has 0 aromatic heterocycles. The van der Waals surface area contributed by atoms with Crippen LogP contribution in [0.4, 0.5) is 11.4 Å². The van der Waals surface area contributed by atoms with Gasteiger partial charge in [0, 0.05) is 17.8 Å². The molecule has 0 bridgehead atoms. The molecule has 26 heavy (non-hydrogen) atoms. The van der Waals surface area contributed by atoms with Crippen LogP contribution in [0.5, 0.6) is 5.75 Å². The first-order valence-corrected chi connectivity index (χ1v) is 8.00. The van der Waals surface area contributed by atoms with Crippen LogP contribution in [-0.4, -0.2) is 22.5 Å². The highest BCUT2D eigenvalue weighted by atomic mass is 32.1. The number of hydrogen-bond donors (Lipinski definition) is 2. The van der Waals surface area contributed by atoms with Crippen LogP contribution in [0.15, 0.2) is 60.7 Å². The number of benzene rings is 2. The molecule has 0 saturated carbocycles. The van der Waals surface area contributed by atoms with Crippen molar-refractivity contribution in [3.05, 3.63) is 76.4 Å². The fraction of sp³-hybridized carbons (Fsp3) is 0.111. The quantitative estimate of drug-likeness (QED) is 0.348. The SMILES string of the molecule is C=C(C)COc1cccc(NC(=S)NC(=O)c2ccccc2[N+](=O)[O-])c1. The van der Waals surface area contributed by atoms with Crippen molar-refractivity contribution in [2.24, 2.45) is 0 Å². The molecular formula is C18H17N3O4S. The monoisotopic (exact) mass is 371 g/mol. The molecule has 0 aliphatic rings. The Kier molecular flexibility index (Phi) is 6.40. The maximum atomic E-state index is 12.2. The average Bonchev–Trinajstić information content (AvgIpc) is 2.60. The van der Waals surface area contributed by atoms with Gasteiger partial charge in [-0.2, -0.15) is 0 Å². The van der Waals surface area contributed by atoms with Crippen molar-refractivity contribution in [2.45, 2.75) is 6.92 Å². The maximum absolute atomic E-state index is 12.2. The van der Waals surface area contributed by atoms with Crippen molar-refractivity contribution in [3.63, 3.8) is 0 Å². The summed E-state index contributed by atoms with van der Waals surface area (Å²) in [5.41, 5.74) is 1.14. The van der Waals surface area contributed by atoms with E-state index in [1.54, 1.807) is 30.3 Å². The molecule has 2 rings (SSSR count). The van der Waals surface area contributed by atoms with Crippen molar-refractivity contribution in [1.29, 1.82) is 0 Å². The number of anilines is 1. The van der Waals surface area contributed by atoms with Gasteiger partial charge in [-0.3, -0.25) is 20.2 Å². The standard InChI is InChI=1S/C18H17N3O4S/c1-12(2)11-25-14-7-5-6-13(10-14)19-18(26)20-17(22)15-8-3-4-9-16(15)21(23)24/h3-10H,1,11H2,2H3,(H2,19,20,22,26). The van der Waals surface area contributed by atoms with Gasteiger partial charge >= 0.3 is 0 Å². The molecule has 7 nitrogen and oxygen atoms in total. The molecule has 0 aliphatic heterocycles. The Bertz CT molecular complexity index is 867. The second kappa shape index (κ2) is 8.72. The fourth-order valence-corrected chi connectivity index (χ4v) is 2.24. The molecule has 0 aliphatic carbocycles. The number of ether oxygens (including phenoxy) is 1. The van der Waals surface area contributed by atoms with Gasteiger partial charge in [0.1, 0.15) is 17.9 Å². The van der Waals surface area contributed by atoms with Gasteiger partial charge in [0.2, 0.25) is 0 Å². The third-order valence-electron chi connectivity index (χ3n) is 3.15. The highest BCUT2D eigenvalue weighted by molar-refractivity contribution is 7.80. The maximum Gasteiger partial charge on any atom is 0.282 e.